The summed E-state index contributed by atoms with van der Waals surface area (Å²) in [6.07, 6.45) is 0. The lowest BCUT2D eigenvalue weighted by atomic mass is 9.85. The standard InChI is InChI=1S/C52H30S2/c1-2-10-31(11-3-1)33-18-19-35-29-36(21-20-34(35)28-33)48-39-14-6-8-16-41(39)49(42-17-9-7-15-40(42)48)37-23-25-45-44(30-37)43-24-27-47-51(52(43)54-45)50-38-13-5-4-12-32(38)22-26-46(50)53-47/h1-30H. The molecule has 2 heteroatoms. The van der Waals surface area contributed by atoms with Crippen LogP contribution >= 0.6 is 22.7 Å². The summed E-state index contributed by atoms with van der Waals surface area (Å²) in [5.74, 6) is 0. The topological polar surface area (TPSA) is 0 Å². The Bertz CT molecular complexity index is 3430. The van der Waals surface area contributed by atoms with Gasteiger partial charge in [0.25, 0.3) is 0 Å². The molecular formula is C52H30S2. The van der Waals surface area contributed by atoms with Crippen LogP contribution in [0.25, 0.3) is 117 Å². The van der Waals surface area contributed by atoms with Crippen molar-refractivity contribution in [3.05, 3.63) is 182 Å². The molecule has 0 aliphatic heterocycles. The van der Waals surface area contributed by atoms with Gasteiger partial charge in [0, 0.05) is 40.3 Å². The van der Waals surface area contributed by atoms with Crippen molar-refractivity contribution in [2.45, 2.75) is 0 Å². The Balaban J connectivity index is 1.08. The van der Waals surface area contributed by atoms with Crippen LogP contribution in [0.4, 0.5) is 0 Å². The van der Waals surface area contributed by atoms with Crippen LogP contribution in [-0.2, 0) is 0 Å². The quantitative estimate of drug-likeness (QED) is 0.160. The minimum absolute atomic E-state index is 1.24. The van der Waals surface area contributed by atoms with Gasteiger partial charge in [-0.05, 0) is 113 Å². The third-order valence-electron chi connectivity index (χ3n) is 11.4. The largest absolute Gasteiger partial charge is 0.135 e. The van der Waals surface area contributed by atoms with Crippen LogP contribution in [0.1, 0.15) is 0 Å². The van der Waals surface area contributed by atoms with Gasteiger partial charge in [0.1, 0.15) is 0 Å². The molecule has 0 spiro atoms. The molecule has 0 saturated carbocycles. The first-order valence-corrected chi connectivity index (χ1v) is 20.1. The fraction of sp³-hybridized carbons (Fsp3) is 0. The summed E-state index contributed by atoms with van der Waals surface area (Å²) in [4.78, 5) is 0. The van der Waals surface area contributed by atoms with Crippen LogP contribution < -0.4 is 0 Å². The molecule has 0 fully saturated rings. The Morgan fingerprint density at radius 2 is 0.778 bits per heavy atom. The van der Waals surface area contributed by atoms with Crippen molar-refractivity contribution in [1.82, 2.24) is 0 Å². The van der Waals surface area contributed by atoms with Gasteiger partial charge in [-0.15, -0.1) is 22.7 Å². The molecule has 12 aromatic rings. The van der Waals surface area contributed by atoms with Crippen molar-refractivity contribution in [2.24, 2.45) is 0 Å². The monoisotopic (exact) mass is 718 g/mol. The Morgan fingerprint density at radius 3 is 1.50 bits per heavy atom. The summed E-state index contributed by atoms with van der Waals surface area (Å²) in [6, 6.07) is 67.7. The van der Waals surface area contributed by atoms with Gasteiger partial charge in [0.2, 0.25) is 0 Å². The molecule has 0 nitrogen and oxygen atoms in total. The van der Waals surface area contributed by atoms with Gasteiger partial charge in [-0.25, -0.2) is 0 Å². The van der Waals surface area contributed by atoms with Crippen molar-refractivity contribution in [2.75, 3.05) is 0 Å². The second kappa shape index (κ2) is 11.6. The smallest absolute Gasteiger partial charge is 0.0448 e. The van der Waals surface area contributed by atoms with E-state index in [1.807, 2.05) is 22.7 Å². The zero-order valence-corrected chi connectivity index (χ0v) is 30.8. The molecule has 0 unspecified atom stereocenters. The molecule has 12 rings (SSSR count). The van der Waals surface area contributed by atoms with E-state index >= 15 is 0 Å². The molecular weight excluding hydrogens is 689 g/mol. The van der Waals surface area contributed by atoms with E-state index in [0.717, 1.165) is 0 Å². The lowest BCUT2D eigenvalue weighted by molar-refractivity contribution is 1.64. The Hall–Kier alpha value is -6.32. The van der Waals surface area contributed by atoms with Crippen molar-refractivity contribution in [3.63, 3.8) is 0 Å². The molecule has 0 bridgehead atoms. The highest BCUT2D eigenvalue weighted by molar-refractivity contribution is 7.30. The van der Waals surface area contributed by atoms with Crippen LogP contribution in [0.5, 0.6) is 0 Å². The fourth-order valence-corrected chi connectivity index (χ4v) is 11.4. The van der Waals surface area contributed by atoms with E-state index in [0.29, 0.717) is 0 Å². The van der Waals surface area contributed by atoms with Crippen LogP contribution in [0, 0.1) is 0 Å². The Morgan fingerprint density at radius 1 is 0.259 bits per heavy atom. The average Bonchev–Trinajstić information content (AvgIpc) is 3.81. The minimum atomic E-state index is 1.24. The van der Waals surface area contributed by atoms with E-state index < -0.39 is 0 Å². The highest BCUT2D eigenvalue weighted by atomic mass is 32.1. The maximum Gasteiger partial charge on any atom is 0.0448 e. The zero-order chi connectivity index (χ0) is 35.3. The molecule has 10 aromatic carbocycles. The Labute approximate surface area is 319 Å². The number of rotatable bonds is 3. The zero-order valence-electron chi connectivity index (χ0n) is 29.1. The second-order valence-electron chi connectivity index (χ2n) is 14.4. The molecule has 2 heterocycles. The average molecular weight is 719 g/mol. The summed E-state index contributed by atoms with van der Waals surface area (Å²) in [7, 11) is 0. The molecule has 2 aromatic heterocycles. The van der Waals surface area contributed by atoms with Crippen molar-refractivity contribution in [1.29, 1.82) is 0 Å². The SMILES string of the molecule is c1ccc(-c2ccc3cc(-c4c5ccccc5c(-c5ccc6sc7c(ccc8sc9ccc%10ccccc%10c9c87)c6c5)c5ccccc45)ccc3c2)cc1. The summed E-state index contributed by atoms with van der Waals surface area (Å²) in [6.45, 7) is 0. The second-order valence-corrected chi connectivity index (χ2v) is 16.5. The predicted octanol–water partition coefficient (Wildman–Crippen LogP) is 16.0. The molecule has 0 aliphatic rings. The molecule has 0 saturated heterocycles. The van der Waals surface area contributed by atoms with Gasteiger partial charge in [0.15, 0.2) is 0 Å². The van der Waals surface area contributed by atoms with E-state index in [9.17, 15) is 0 Å². The lowest BCUT2D eigenvalue weighted by Crippen LogP contribution is -1.91. The van der Waals surface area contributed by atoms with Crippen LogP contribution in [-0.4, -0.2) is 0 Å². The minimum Gasteiger partial charge on any atom is -0.135 e. The van der Waals surface area contributed by atoms with Crippen molar-refractivity contribution in [3.8, 4) is 33.4 Å². The summed E-state index contributed by atoms with van der Waals surface area (Å²) in [5.41, 5.74) is 7.58. The molecule has 0 N–H and O–H groups in total. The third-order valence-corrected chi connectivity index (χ3v) is 13.7. The van der Waals surface area contributed by atoms with Crippen LogP contribution in [0.2, 0.25) is 0 Å². The normalized spacial score (nSPS) is 12.1. The van der Waals surface area contributed by atoms with E-state index in [1.54, 1.807) is 0 Å². The van der Waals surface area contributed by atoms with Gasteiger partial charge in [-0.2, -0.15) is 0 Å². The maximum atomic E-state index is 2.46. The van der Waals surface area contributed by atoms with E-state index in [2.05, 4.69) is 182 Å². The number of benzene rings is 10. The van der Waals surface area contributed by atoms with Crippen molar-refractivity contribution < 1.29 is 0 Å². The molecule has 54 heavy (non-hydrogen) atoms. The van der Waals surface area contributed by atoms with Crippen LogP contribution in [0.15, 0.2) is 182 Å². The maximum absolute atomic E-state index is 2.46. The molecule has 0 amide bonds. The van der Waals surface area contributed by atoms with Crippen molar-refractivity contribution >= 4 is 106 Å². The summed E-state index contributed by atoms with van der Waals surface area (Å²) in [5, 5.41) is 15.7. The highest BCUT2D eigenvalue weighted by Gasteiger charge is 2.19. The van der Waals surface area contributed by atoms with Crippen LogP contribution in [0.3, 0.4) is 0 Å². The van der Waals surface area contributed by atoms with Gasteiger partial charge in [0.05, 0.1) is 0 Å². The lowest BCUT2D eigenvalue weighted by Gasteiger charge is -2.18. The number of fused-ring (bicyclic) bond motifs is 12. The van der Waals surface area contributed by atoms with Gasteiger partial charge < -0.3 is 0 Å². The molecule has 250 valence electrons. The number of hydrogen-bond donors (Lipinski definition) is 0. The molecule has 0 radical (unpaired) electrons. The first-order valence-electron chi connectivity index (χ1n) is 18.5. The highest BCUT2D eigenvalue weighted by Crippen LogP contribution is 2.49. The van der Waals surface area contributed by atoms with E-state index in [-0.39, 0.29) is 0 Å². The third kappa shape index (κ3) is 4.42. The first-order chi connectivity index (χ1) is 26.8. The fourth-order valence-electron chi connectivity index (χ4n) is 8.97. The number of thiophene rings is 2. The predicted molar refractivity (Wildman–Crippen MR) is 239 cm³/mol. The first kappa shape index (κ1) is 30.2. The number of hydrogen-bond acceptors (Lipinski definition) is 2. The Kier molecular flexibility index (Phi) is 6.48. The van der Waals surface area contributed by atoms with E-state index in [4.69, 9.17) is 0 Å². The summed E-state index contributed by atoms with van der Waals surface area (Å²) >= 11 is 3.85. The molecule has 0 aliphatic carbocycles. The van der Waals surface area contributed by atoms with Gasteiger partial charge >= 0.3 is 0 Å². The van der Waals surface area contributed by atoms with Gasteiger partial charge in [-0.3, -0.25) is 0 Å². The van der Waals surface area contributed by atoms with Gasteiger partial charge in [-0.1, -0.05) is 146 Å². The van der Waals surface area contributed by atoms with E-state index in [1.165, 1.54) is 117 Å². The summed E-state index contributed by atoms with van der Waals surface area (Å²) < 4.78 is 5.44. The molecule has 0 atom stereocenters.